The maximum absolute atomic E-state index is 14.3. The van der Waals surface area contributed by atoms with E-state index in [4.69, 9.17) is 14.0 Å². The summed E-state index contributed by atoms with van der Waals surface area (Å²) in [6.07, 6.45) is 6.76. The van der Waals surface area contributed by atoms with Gasteiger partial charge in [-0.25, -0.2) is 9.80 Å². The number of carbonyl (C=O) groups is 2. The quantitative estimate of drug-likeness (QED) is 0.168. The number of hydrogen-bond acceptors (Lipinski definition) is 8. The van der Waals surface area contributed by atoms with E-state index in [9.17, 15) is 9.59 Å². The summed E-state index contributed by atoms with van der Waals surface area (Å²) in [5, 5.41) is 13.0. The van der Waals surface area contributed by atoms with Gasteiger partial charge >= 0.3 is 6.09 Å². The Morgan fingerprint density at radius 3 is 2.51 bits per heavy atom. The van der Waals surface area contributed by atoms with Crippen LogP contribution in [0.1, 0.15) is 70.9 Å². The van der Waals surface area contributed by atoms with Crippen molar-refractivity contribution in [3.05, 3.63) is 102 Å². The summed E-state index contributed by atoms with van der Waals surface area (Å²) >= 11 is 0. The van der Waals surface area contributed by atoms with E-state index < -0.39 is 6.09 Å². The van der Waals surface area contributed by atoms with Crippen LogP contribution < -0.4 is 10.1 Å². The smallest absolute Gasteiger partial charge is 0.411 e. The van der Waals surface area contributed by atoms with Gasteiger partial charge in [0.15, 0.2) is 0 Å². The molecule has 0 radical (unpaired) electrons. The molecule has 1 aliphatic heterocycles. The number of hydrogen-bond donors (Lipinski definition) is 1. The van der Waals surface area contributed by atoms with E-state index in [1.54, 1.807) is 17.2 Å². The molecule has 2 aromatic carbocycles. The molecular formula is C37H45N5O5. The van der Waals surface area contributed by atoms with Gasteiger partial charge in [0.25, 0.3) is 11.8 Å². The van der Waals surface area contributed by atoms with Gasteiger partial charge < -0.3 is 14.0 Å². The van der Waals surface area contributed by atoms with Crippen molar-refractivity contribution < 1.29 is 23.6 Å². The van der Waals surface area contributed by atoms with Crippen LogP contribution in [0.15, 0.2) is 101 Å². The minimum absolute atomic E-state index is 0.0569. The molecular weight excluding hydrogens is 594 g/mol. The molecule has 47 heavy (non-hydrogen) atoms. The first-order chi connectivity index (χ1) is 22.7. The maximum Gasteiger partial charge on any atom is 0.411 e. The molecule has 10 nitrogen and oxygen atoms in total. The molecule has 1 N–H and O–H groups in total. The highest BCUT2D eigenvalue weighted by molar-refractivity contribution is 5.97. The Morgan fingerprint density at radius 1 is 1.13 bits per heavy atom. The maximum atomic E-state index is 14.3. The van der Waals surface area contributed by atoms with Gasteiger partial charge in [0.1, 0.15) is 18.2 Å². The highest BCUT2D eigenvalue weighted by Gasteiger charge is 2.37. The second-order valence-corrected chi connectivity index (χ2v) is 11.4. The number of rotatable bonds is 15. The lowest BCUT2D eigenvalue weighted by Gasteiger charge is -2.41. The van der Waals surface area contributed by atoms with Crippen molar-refractivity contribution in [3.63, 3.8) is 0 Å². The van der Waals surface area contributed by atoms with Gasteiger partial charge in [-0.3, -0.25) is 15.0 Å². The number of amides is 2. The average Bonchev–Trinajstić information content (AvgIpc) is 3.60. The fourth-order valence-electron chi connectivity index (χ4n) is 5.73. The molecule has 2 atom stereocenters. The standard InChI is InChI=1S/C37H45N5O5/c1-8-13-34-33(24-28-17-19-29(20-18-28)32-15-12-11-14-31(32)26(5)39-37(44)45-7)36(43)41(27(6)42(34)38-10-3)25(4)16-21-30(9-2)47-35-22-23-46-40-35/h10-12,14-15,17-20,22-23,25,30H,5-6,8-9,13,16,21,24H2,1-4,7H3,(H,39,44)/b38-10-/t25-,30+/m0/s1. The lowest BCUT2D eigenvalue weighted by molar-refractivity contribution is -0.129. The molecule has 0 saturated heterocycles. The molecule has 0 unspecified atom stereocenters. The zero-order valence-corrected chi connectivity index (χ0v) is 28.0. The van der Waals surface area contributed by atoms with Gasteiger partial charge in [0.05, 0.1) is 12.8 Å². The number of aromatic nitrogens is 1. The largest absolute Gasteiger partial charge is 0.472 e. The molecule has 2 amide bonds. The summed E-state index contributed by atoms with van der Waals surface area (Å²) in [5.74, 6) is 0.947. The third-order valence-corrected chi connectivity index (χ3v) is 8.16. The van der Waals surface area contributed by atoms with E-state index in [2.05, 4.69) is 42.6 Å². The van der Waals surface area contributed by atoms with Crippen LogP contribution >= 0.6 is 0 Å². The van der Waals surface area contributed by atoms with Crippen LogP contribution in [0.25, 0.3) is 16.8 Å². The normalized spacial score (nSPS) is 14.8. The van der Waals surface area contributed by atoms with Crippen LogP contribution in [0.3, 0.4) is 0 Å². The van der Waals surface area contributed by atoms with Crippen molar-refractivity contribution in [3.8, 4) is 17.0 Å². The van der Waals surface area contributed by atoms with Gasteiger partial charge in [-0.05, 0) is 61.4 Å². The predicted octanol–water partition coefficient (Wildman–Crippen LogP) is 7.91. The molecule has 10 heteroatoms. The first-order valence-corrected chi connectivity index (χ1v) is 16.0. The molecule has 0 aliphatic carbocycles. The van der Waals surface area contributed by atoms with Crippen molar-refractivity contribution in [2.75, 3.05) is 7.11 Å². The Bertz CT molecular complexity index is 1610. The third kappa shape index (κ3) is 8.38. The second kappa shape index (κ2) is 16.4. The first-order valence-electron chi connectivity index (χ1n) is 16.0. The number of ether oxygens (including phenoxy) is 2. The SMILES string of the molecule is C=C(NC(=O)OC)c1ccccc1-c1ccc(CC2=C(CCC)N(/N=C\C)C(=C)N([C@@H](C)CC[C@@H](CC)Oc3ccon3)C2=O)cc1. The van der Waals surface area contributed by atoms with Crippen molar-refractivity contribution in [1.29, 1.82) is 0 Å². The molecule has 0 spiro atoms. The zero-order valence-electron chi connectivity index (χ0n) is 28.0. The van der Waals surface area contributed by atoms with E-state index in [0.717, 1.165) is 47.2 Å². The van der Waals surface area contributed by atoms with E-state index in [-0.39, 0.29) is 18.1 Å². The van der Waals surface area contributed by atoms with E-state index in [1.807, 2.05) is 67.4 Å². The van der Waals surface area contributed by atoms with Crippen molar-refractivity contribution in [1.82, 2.24) is 20.4 Å². The number of benzene rings is 2. The molecule has 0 bridgehead atoms. The highest BCUT2D eigenvalue weighted by atomic mass is 16.5. The number of hydrazone groups is 1. The number of methoxy groups -OCH3 is 1. The number of nitrogens with zero attached hydrogens (tertiary/aromatic N) is 4. The van der Waals surface area contributed by atoms with Crippen LogP contribution in [0, 0.1) is 0 Å². The monoisotopic (exact) mass is 639 g/mol. The van der Waals surface area contributed by atoms with Crippen LogP contribution in [-0.4, -0.2) is 52.5 Å². The highest BCUT2D eigenvalue weighted by Crippen LogP contribution is 2.35. The Balaban J connectivity index is 1.59. The van der Waals surface area contributed by atoms with Crippen LogP contribution in [0.4, 0.5) is 4.79 Å². The molecule has 0 fully saturated rings. The molecule has 2 heterocycles. The van der Waals surface area contributed by atoms with Crippen LogP contribution in [0.5, 0.6) is 5.88 Å². The van der Waals surface area contributed by atoms with Crippen molar-refractivity contribution >= 4 is 23.9 Å². The molecule has 248 valence electrons. The molecule has 0 saturated carbocycles. The zero-order chi connectivity index (χ0) is 33.9. The lowest BCUT2D eigenvalue weighted by atomic mass is 9.93. The minimum atomic E-state index is -0.578. The summed E-state index contributed by atoms with van der Waals surface area (Å²) in [6.45, 7) is 16.4. The lowest BCUT2D eigenvalue weighted by Crippen LogP contribution is -2.48. The number of alkyl carbamates (subject to hydrolysis) is 1. The molecule has 3 aromatic rings. The fraction of sp³-hybridized carbons (Fsp3) is 0.351. The molecule has 1 aliphatic rings. The summed E-state index contributed by atoms with van der Waals surface area (Å²) in [4.78, 5) is 27.9. The van der Waals surface area contributed by atoms with Crippen molar-refractivity contribution in [2.45, 2.75) is 78.4 Å². The van der Waals surface area contributed by atoms with Crippen molar-refractivity contribution in [2.24, 2.45) is 5.10 Å². The minimum Gasteiger partial charge on any atom is -0.472 e. The van der Waals surface area contributed by atoms with Gasteiger partial charge in [-0.15, -0.1) is 0 Å². The van der Waals surface area contributed by atoms with E-state index >= 15 is 0 Å². The van der Waals surface area contributed by atoms with E-state index in [1.165, 1.54) is 13.4 Å². The Labute approximate surface area is 277 Å². The third-order valence-electron chi connectivity index (χ3n) is 8.16. The number of allylic oxidation sites excluding steroid dienone is 1. The predicted molar refractivity (Wildman–Crippen MR) is 184 cm³/mol. The van der Waals surface area contributed by atoms with Gasteiger partial charge in [0, 0.05) is 41.6 Å². The number of carbonyl (C=O) groups excluding carboxylic acids is 2. The summed E-state index contributed by atoms with van der Waals surface area (Å²) in [6, 6.07) is 17.4. The molecule has 1 aromatic heterocycles. The first kappa shape index (κ1) is 34.7. The van der Waals surface area contributed by atoms with Crippen LogP contribution in [0.2, 0.25) is 0 Å². The fourth-order valence-corrected chi connectivity index (χ4v) is 5.73. The van der Waals surface area contributed by atoms with E-state index in [0.29, 0.717) is 42.2 Å². The Hall–Kier alpha value is -5.12. The topological polar surface area (TPSA) is 110 Å². The Kier molecular flexibility index (Phi) is 12.2. The Morgan fingerprint density at radius 2 is 1.87 bits per heavy atom. The van der Waals surface area contributed by atoms with Gasteiger partial charge in [0.2, 0.25) is 0 Å². The molecule has 4 rings (SSSR count). The van der Waals surface area contributed by atoms with Gasteiger partial charge in [-0.2, -0.15) is 5.10 Å². The number of nitrogens with one attached hydrogen (secondary N) is 1. The average molecular weight is 640 g/mol. The second-order valence-electron chi connectivity index (χ2n) is 11.4. The van der Waals surface area contributed by atoms with Crippen LogP contribution in [-0.2, 0) is 16.0 Å². The summed E-state index contributed by atoms with van der Waals surface area (Å²) < 4.78 is 15.6. The summed E-state index contributed by atoms with van der Waals surface area (Å²) in [5.41, 5.74) is 5.65. The van der Waals surface area contributed by atoms with Gasteiger partial charge in [-0.1, -0.05) is 82.0 Å². The summed E-state index contributed by atoms with van der Waals surface area (Å²) in [7, 11) is 1.31.